The summed E-state index contributed by atoms with van der Waals surface area (Å²) >= 11 is 0. The molecule has 1 heterocycles. The summed E-state index contributed by atoms with van der Waals surface area (Å²) in [5.41, 5.74) is 0. The minimum Gasteiger partial charge on any atom is -0.466 e. The van der Waals surface area contributed by atoms with E-state index in [0.29, 0.717) is 25.2 Å². The topological polar surface area (TPSA) is 38.8 Å². The van der Waals surface area contributed by atoms with E-state index in [2.05, 4.69) is 13.8 Å². The van der Waals surface area contributed by atoms with Gasteiger partial charge in [0.1, 0.15) is 0 Å². The van der Waals surface area contributed by atoms with Crippen LogP contribution in [0.25, 0.3) is 0 Å². The molecule has 0 bridgehead atoms. The SMILES string of the molecule is CCCCCCCCCCCCOC(=O)CCCCCCCC1OC1CCCCCCCC. The summed E-state index contributed by atoms with van der Waals surface area (Å²) in [4.78, 5) is 11.8. The van der Waals surface area contributed by atoms with E-state index in [1.54, 1.807) is 0 Å². The summed E-state index contributed by atoms with van der Waals surface area (Å²) in [6.07, 6.45) is 31.6. The average molecular weight is 467 g/mol. The van der Waals surface area contributed by atoms with Gasteiger partial charge in [-0.25, -0.2) is 0 Å². The maximum atomic E-state index is 11.8. The average Bonchev–Trinajstić information content (AvgIpc) is 3.57. The van der Waals surface area contributed by atoms with Crippen LogP contribution in [0.3, 0.4) is 0 Å². The Labute approximate surface area is 207 Å². The summed E-state index contributed by atoms with van der Waals surface area (Å²) in [5, 5.41) is 0. The van der Waals surface area contributed by atoms with Crippen LogP contribution in [0.2, 0.25) is 0 Å². The molecule has 1 saturated heterocycles. The monoisotopic (exact) mass is 466 g/mol. The molecule has 0 aromatic rings. The summed E-state index contributed by atoms with van der Waals surface area (Å²) in [7, 11) is 0. The molecule has 2 unspecified atom stereocenters. The van der Waals surface area contributed by atoms with Gasteiger partial charge in [-0.2, -0.15) is 0 Å². The van der Waals surface area contributed by atoms with Crippen LogP contribution in [0.4, 0.5) is 0 Å². The predicted octanol–water partition coefficient (Wildman–Crippen LogP) is 9.70. The zero-order valence-corrected chi connectivity index (χ0v) is 22.6. The number of hydrogen-bond donors (Lipinski definition) is 0. The summed E-state index contributed by atoms with van der Waals surface area (Å²) in [6, 6.07) is 0. The van der Waals surface area contributed by atoms with Gasteiger partial charge in [0.25, 0.3) is 0 Å². The van der Waals surface area contributed by atoms with Gasteiger partial charge in [0.05, 0.1) is 18.8 Å². The maximum absolute atomic E-state index is 11.8. The van der Waals surface area contributed by atoms with Gasteiger partial charge in [-0.05, 0) is 25.7 Å². The summed E-state index contributed by atoms with van der Waals surface area (Å²) < 4.78 is 11.2. The second-order valence-electron chi connectivity index (χ2n) is 10.5. The number of hydrogen-bond acceptors (Lipinski definition) is 3. The van der Waals surface area contributed by atoms with Gasteiger partial charge in [0.2, 0.25) is 0 Å². The lowest BCUT2D eigenvalue weighted by atomic mass is 10.0. The Morgan fingerprint density at radius 1 is 0.545 bits per heavy atom. The highest BCUT2D eigenvalue weighted by Crippen LogP contribution is 2.31. The third-order valence-corrected chi connectivity index (χ3v) is 7.16. The fourth-order valence-corrected chi connectivity index (χ4v) is 4.81. The van der Waals surface area contributed by atoms with Crippen LogP contribution in [0.1, 0.15) is 168 Å². The van der Waals surface area contributed by atoms with Crippen molar-refractivity contribution in [1.29, 1.82) is 0 Å². The Kier molecular flexibility index (Phi) is 21.4. The number of unbranched alkanes of at least 4 members (excludes halogenated alkanes) is 18. The highest BCUT2D eigenvalue weighted by molar-refractivity contribution is 5.69. The van der Waals surface area contributed by atoms with Gasteiger partial charge in [-0.1, -0.05) is 136 Å². The van der Waals surface area contributed by atoms with Gasteiger partial charge in [-0.3, -0.25) is 4.79 Å². The predicted molar refractivity (Wildman–Crippen MR) is 142 cm³/mol. The van der Waals surface area contributed by atoms with E-state index in [-0.39, 0.29) is 5.97 Å². The number of esters is 1. The van der Waals surface area contributed by atoms with Crippen LogP contribution in [-0.2, 0) is 14.3 Å². The number of carbonyl (C=O) groups excluding carboxylic acids is 1. The molecular weight excluding hydrogens is 408 g/mol. The second kappa shape index (κ2) is 23.2. The van der Waals surface area contributed by atoms with Gasteiger partial charge in [0, 0.05) is 6.42 Å². The molecule has 3 nitrogen and oxygen atoms in total. The molecule has 1 aliphatic rings. The van der Waals surface area contributed by atoms with Crippen molar-refractivity contribution in [3.05, 3.63) is 0 Å². The standard InChI is InChI=1S/C30H58O3/c1-3-5-7-9-11-12-13-14-19-23-27-32-30(31)26-22-18-15-17-21-25-29-28(33-29)24-20-16-10-8-6-4-2/h28-29H,3-27H2,1-2H3. The van der Waals surface area contributed by atoms with Gasteiger partial charge in [0.15, 0.2) is 0 Å². The van der Waals surface area contributed by atoms with Crippen molar-refractivity contribution in [1.82, 2.24) is 0 Å². The molecule has 2 atom stereocenters. The van der Waals surface area contributed by atoms with E-state index < -0.39 is 0 Å². The van der Waals surface area contributed by atoms with Gasteiger partial charge in [-0.15, -0.1) is 0 Å². The highest BCUT2D eigenvalue weighted by atomic mass is 16.6. The Morgan fingerprint density at radius 2 is 0.939 bits per heavy atom. The zero-order valence-electron chi connectivity index (χ0n) is 22.6. The number of rotatable bonds is 26. The molecule has 0 N–H and O–H groups in total. The van der Waals surface area contributed by atoms with Crippen molar-refractivity contribution in [3.63, 3.8) is 0 Å². The Balaban J connectivity index is 1.73. The van der Waals surface area contributed by atoms with E-state index in [4.69, 9.17) is 9.47 Å². The third-order valence-electron chi connectivity index (χ3n) is 7.16. The second-order valence-corrected chi connectivity index (χ2v) is 10.5. The number of epoxide rings is 1. The van der Waals surface area contributed by atoms with Crippen LogP contribution in [-0.4, -0.2) is 24.8 Å². The maximum Gasteiger partial charge on any atom is 0.305 e. The van der Waals surface area contributed by atoms with Crippen LogP contribution in [0, 0.1) is 0 Å². The lowest BCUT2D eigenvalue weighted by molar-refractivity contribution is -0.143. The Morgan fingerprint density at radius 3 is 1.42 bits per heavy atom. The lowest BCUT2D eigenvalue weighted by Crippen LogP contribution is -2.05. The first-order chi connectivity index (χ1) is 16.3. The number of ether oxygens (including phenoxy) is 2. The molecule has 0 aromatic carbocycles. The molecular formula is C30H58O3. The number of carbonyl (C=O) groups is 1. The zero-order chi connectivity index (χ0) is 23.8. The minimum atomic E-state index is 0.00911. The quantitative estimate of drug-likeness (QED) is 0.0723. The van der Waals surface area contributed by atoms with Crippen molar-refractivity contribution in [2.24, 2.45) is 0 Å². The Bertz CT molecular complexity index is 423. The van der Waals surface area contributed by atoms with Crippen molar-refractivity contribution in [2.75, 3.05) is 6.61 Å². The smallest absolute Gasteiger partial charge is 0.305 e. The molecule has 3 heteroatoms. The first-order valence-corrected chi connectivity index (χ1v) is 15.1. The van der Waals surface area contributed by atoms with E-state index in [0.717, 1.165) is 19.3 Å². The van der Waals surface area contributed by atoms with Crippen molar-refractivity contribution in [2.45, 2.75) is 180 Å². The normalized spacial score (nSPS) is 17.4. The summed E-state index contributed by atoms with van der Waals surface area (Å²) in [6.45, 7) is 5.17. The van der Waals surface area contributed by atoms with Crippen molar-refractivity contribution in [3.8, 4) is 0 Å². The van der Waals surface area contributed by atoms with Gasteiger partial charge >= 0.3 is 5.97 Å². The molecule has 33 heavy (non-hydrogen) atoms. The Hall–Kier alpha value is -0.570. The molecule has 0 spiro atoms. The molecule has 1 fully saturated rings. The summed E-state index contributed by atoms with van der Waals surface area (Å²) in [5.74, 6) is 0.00911. The third kappa shape index (κ3) is 20.5. The molecule has 1 rings (SSSR count). The molecule has 0 amide bonds. The lowest BCUT2D eigenvalue weighted by Gasteiger charge is -2.05. The molecule has 1 aliphatic heterocycles. The van der Waals surface area contributed by atoms with E-state index >= 15 is 0 Å². The minimum absolute atomic E-state index is 0.00911. The fourth-order valence-electron chi connectivity index (χ4n) is 4.81. The van der Waals surface area contributed by atoms with E-state index in [9.17, 15) is 4.79 Å². The molecule has 0 aromatic heterocycles. The van der Waals surface area contributed by atoms with E-state index in [1.807, 2.05) is 0 Å². The molecule has 0 aliphatic carbocycles. The van der Waals surface area contributed by atoms with Crippen LogP contribution in [0.15, 0.2) is 0 Å². The van der Waals surface area contributed by atoms with Crippen LogP contribution in [0.5, 0.6) is 0 Å². The molecule has 0 saturated carbocycles. The van der Waals surface area contributed by atoms with Crippen LogP contribution < -0.4 is 0 Å². The molecule has 196 valence electrons. The first kappa shape index (κ1) is 30.5. The van der Waals surface area contributed by atoms with Crippen molar-refractivity contribution < 1.29 is 14.3 Å². The van der Waals surface area contributed by atoms with Crippen molar-refractivity contribution >= 4 is 5.97 Å². The first-order valence-electron chi connectivity index (χ1n) is 15.1. The highest BCUT2D eigenvalue weighted by Gasteiger charge is 2.36. The fraction of sp³-hybridized carbons (Fsp3) is 0.967. The van der Waals surface area contributed by atoms with Crippen LogP contribution >= 0.6 is 0 Å². The van der Waals surface area contributed by atoms with Gasteiger partial charge < -0.3 is 9.47 Å². The van der Waals surface area contributed by atoms with E-state index in [1.165, 1.54) is 128 Å². The molecule has 0 radical (unpaired) electrons. The largest absolute Gasteiger partial charge is 0.466 e.